The lowest BCUT2D eigenvalue weighted by molar-refractivity contribution is -0.137. The first kappa shape index (κ1) is 25.9. The molecule has 0 spiro atoms. The van der Waals surface area contributed by atoms with Crippen molar-refractivity contribution < 1.29 is 27.9 Å². The predicted octanol–water partition coefficient (Wildman–Crippen LogP) is 5.27. The molecule has 3 N–H and O–H groups in total. The van der Waals surface area contributed by atoms with Gasteiger partial charge in [0.15, 0.2) is 5.76 Å². The van der Waals surface area contributed by atoms with Crippen LogP contribution in [0, 0.1) is 0 Å². The molecule has 1 aliphatic heterocycles. The second-order valence-corrected chi connectivity index (χ2v) is 9.51. The van der Waals surface area contributed by atoms with Gasteiger partial charge in [0.05, 0.1) is 28.4 Å². The van der Waals surface area contributed by atoms with E-state index in [1.807, 2.05) is 18.2 Å². The maximum absolute atomic E-state index is 12.8. The standard InChI is InChI=1S/C26H27ClF3N3O3/c27-21-14-18(26(28,29)30)8-11-22(21)31-12-13-33-15-20(23(34)25(33)36)24(35)32-19-9-6-17(7-10-19)16-4-2-1-3-5-16/h1-5,8,11,14,17,19,31,34H,6-7,9-10,12-13,15H2,(H,32,35). The van der Waals surface area contributed by atoms with Crippen LogP contribution in [0.4, 0.5) is 18.9 Å². The van der Waals surface area contributed by atoms with Crippen LogP contribution in [0.25, 0.3) is 0 Å². The third-order valence-electron chi connectivity index (χ3n) is 6.73. The van der Waals surface area contributed by atoms with Crippen molar-refractivity contribution in [2.24, 2.45) is 0 Å². The van der Waals surface area contributed by atoms with Crippen molar-refractivity contribution in [3.63, 3.8) is 0 Å². The van der Waals surface area contributed by atoms with Gasteiger partial charge in [-0.2, -0.15) is 13.2 Å². The third kappa shape index (κ3) is 5.95. The maximum atomic E-state index is 12.8. The van der Waals surface area contributed by atoms with Crippen molar-refractivity contribution in [3.8, 4) is 0 Å². The zero-order valence-electron chi connectivity index (χ0n) is 19.4. The monoisotopic (exact) mass is 521 g/mol. The minimum atomic E-state index is -4.49. The van der Waals surface area contributed by atoms with Gasteiger partial charge < -0.3 is 20.6 Å². The molecule has 2 aliphatic rings. The van der Waals surface area contributed by atoms with Gasteiger partial charge in [0.2, 0.25) is 0 Å². The van der Waals surface area contributed by atoms with E-state index in [4.69, 9.17) is 11.6 Å². The lowest BCUT2D eigenvalue weighted by Gasteiger charge is -2.29. The average Bonchev–Trinajstić information content (AvgIpc) is 3.14. The molecule has 0 radical (unpaired) electrons. The molecule has 1 heterocycles. The Morgan fingerprint density at radius 3 is 2.42 bits per heavy atom. The zero-order chi connectivity index (χ0) is 25.9. The van der Waals surface area contributed by atoms with Crippen molar-refractivity contribution in [1.29, 1.82) is 0 Å². The molecule has 1 saturated carbocycles. The normalized spacial score (nSPS) is 20.6. The summed E-state index contributed by atoms with van der Waals surface area (Å²) in [5.74, 6) is -1.22. The van der Waals surface area contributed by atoms with Crippen LogP contribution in [0.1, 0.15) is 42.7 Å². The van der Waals surface area contributed by atoms with Gasteiger partial charge in [0.1, 0.15) is 0 Å². The molecule has 0 aromatic heterocycles. The molecule has 2 amide bonds. The van der Waals surface area contributed by atoms with Gasteiger partial charge in [-0.25, -0.2) is 0 Å². The van der Waals surface area contributed by atoms with Gasteiger partial charge in [-0.05, 0) is 55.4 Å². The number of hydrogen-bond donors (Lipinski definition) is 3. The molecule has 0 unspecified atom stereocenters. The molecule has 0 atom stereocenters. The lowest BCUT2D eigenvalue weighted by atomic mass is 9.82. The Bertz CT molecular complexity index is 1150. The van der Waals surface area contributed by atoms with Crippen LogP contribution in [0.3, 0.4) is 0 Å². The number of hydrogen-bond acceptors (Lipinski definition) is 4. The summed E-state index contributed by atoms with van der Waals surface area (Å²) in [4.78, 5) is 26.5. The molecule has 4 rings (SSSR count). The van der Waals surface area contributed by atoms with E-state index in [0.29, 0.717) is 5.92 Å². The van der Waals surface area contributed by atoms with Gasteiger partial charge in [0.25, 0.3) is 11.8 Å². The van der Waals surface area contributed by atoms with Crippen molar-refractivity contribution in [1.82, 2.24) is 10.2 Å². The van der Waals surface area contributed by atoms with Crippen molar-refractivity contribution in [2.75, 3.05) is 25.0 Å². The molecule has 2 aromatic rings. The first-order chi connectivity index (χ1) is 17.1. The van der Waals surface area contributed by atoms with Gasteiger partial charge in [0, 0.05) is 19.1 Å². The van der Waals surface area contributed by atoms with E-state index in [2.05, 4.69) is 22.8 Å². The predicted molar refractivity (Wildman–Crippen MR) is 131 cm³/mol. The highest BCUT2D eigenvalue weighted by Gasteiger charge is 2.35. The highest BCUT2D eigenvalue weighted by molar-refractivity contribution is 6.33. The number of halogens is 4. The minimum absolute atomic E-state index is 0.0228. The number of aliphatic hydroxyl groups excluding tert-OH is 1. The Morgan fingerprint density at radius 2 is 1.78 bits per heavy atom. The Balaban J connectivity index is 1.26. The van der Waals surface area contributed by atoms with Crippen molar-refractivity contribution in [3.05, 3.63) is 76.0 Å². The summed E-state index contributed by atoms with van der Waals surface area (Å²) >= 11 is 5.94. The summed E-state index contributed by atoms with van der Waals surface area (Å²) in [5.41, 5.74) is 0.757. The van der Waals surface area contributed by atoms with E-state index < -0.39 is 29.3 Å². The number of benzene rings is 2. The number of anilines is 1. The van der Waals surface area contributed by atoms with Crippen LogP contribution in [0.2, 0.25) is 5.02 Å². The number of carbonyl (C=O) groups is 2. The van der Waals surface area contributed by atoms with E-state index in [-0.39, 0.29) is 42.0 Å². The fourth-order valence-corrected chi connectivity index (χ4v) is 4.95. The molecule has 10 heteroatoms. The van der Waals surface area contributed by atoms with Crippen LogP contribution < -0.4 is 10.6 Å². The van der Waals surface area contributed by atoms with Crippen molar-refractivity contribution >= 4 is 29.1 Å². The van der Waals surface area contributed by atoms with Gasteiger partial charge in [-0.1, -0.05) is 41.9 Å². The molecular weight excluding hydrogens is 495 g/mol. The molecule has 192 valence electrons. The summed E-state index contributed by atoms with van der Waals surface area (Å²) in [5, 5.41) is 16.0. The van der Waals surface area contributed by atoms with Crippen LogP contribution in [-0.4, -0.2) is 47.5 Å². The number of alkyl halides is 3. The van der Waals surface area contributed by atoms with E-state index in [0.717, 1.165) is 37.8 Å². The number of carbonyl (C=O) groups excluding carboxylic acids is 2. The number of rotatable bonds is 7. The fourth-order valence-electron chi connectivity index (χ4n) is 4.71. The average molecular weight is 522 g/mol. The number of aliphatic hydroxyl groups is 1. The van der Waals surface area contributed by atoms with Gasteiger partial charge >= 0.3 is 6.18 Å². The Hall–Kier alpha value is -3.20. The zero-order valence-corrected chi connectivity index (χ0v) is 20.2. The largest absolute Gasteiger partial charge is 0.503 e. The Morgan fingerprint density at radius 1 is 1.08 bits per heavy atom. The summed E-state index contributed by atoms with van der Waals surface area (Å²) in [6.07, 6.45) is -0.971. The fraction of sp³-hybridized carbons (Fsp3) is 0.385. The first-order valence-corrected chi connectivity index (χ1v) is 12.2. The second-order valence-electron chi connectivity index (χ2n) is 9.11. The molecular formula is C26H27ClF3N3O3. The van der Waals surface area contributed by atoms with Crippen LogP contribution in [-0.2, 0) is 15.8 Å². The molecule has 1 fully saturated rings. The molecule has 36 heavy (non-hydrogen) atoms. The van der Waals surface area contributed by atoms with E-state index >= 15 is 0 Å². The molecule has 0 saturated heterocycles. The number of nitrogens with one attached hydrogen (secondary N) is 2. The van der Waals surface area contributed by atoms with Crippen LogP contribution in [0.5, 0.6) is 0 Å². The summed E-state index contributed by atoms with van der Waals surface area (Å²) in [6, 6.07) is 13.2. The number of nitrogens with zero attached hydrogens (tertiary/aromatic N) is 1. The van der Waals surface area contributed by atoms with E-state index in [1.54, 1.807) is 0 Å². The minimum Gasteiger partial charge on any atom is -0.503 e. The van der Waals surface area contributed by atoms with Gasteiger partial charge in [-0.3, -0.25) is 9.59 Å². The topological polar surface area (TPSA) is 81.7 Å². The SMILES string of the molecule is O=C(NC1CCC(c2ccccc2)CC1)C1=C(O)C(=O)N(CCNc2ccc(C(F)(F)F)cc2Cl)C1. The lowest BCUT2D eigenvalue weighted by Crippen LogP contribution is -2.39. The van der Waals surface area contributed by atoms with E-state index in [9.17, 15) is 27.9 Å². The Labute approximate surface area is 212 Å². The second kappa shape index (κ2) is 10.8. The summed E-state index contributed by atoms with van der Waals surface area (Å²) in [7, 11) is 0. The van der Waals surface area contributed by atoms with Crippen LogP contribution in [0.15, 0.2) is 59.9 Å². The summed E-state index contributed by atoms with van der Waals surface area (Å²) in [6.45, 7) is 0.250. The highest BCUT2D eigenvalue weighted by Crippen LogP contribution is 2.34. The molecule has 0 bridgehead atoms. The summed E-state index contributed by atoms with van der Waals surface area (Å²) < 4.78 is 38.4. The highest BCUT2D eigenvalue weighted by atomic mass is 35.5. The maximum Gasteiger partial charge on any atom is 0.416 e. The molecule has 1 aliphatic carbocycles. The first-order valence-electron chi connectivity index (χ1n) is 11.8. The number of amides is 2. The Kier molecular flexibility index (Phi) is 7.78. The van der Waals surface area contributed by atoms with Crippen LogP contribution >= 0.6 is 11.6 Å². The molecule has 6 nitrogen and oxygen atoms in total. The quantitative estimate of drug-likeness (QED) is 0.464. The van der Waals surface area contributed by atoms with Crippen molar-refractivity contribution in [2.45, 2.75) is 43.8 Å². The smallest absolute Gasteiger partial charge is 0.416 e. The van der Waals surface area contributed by atoms with E-state index in [1.165, 1.54) is 16.5 Å². The van der Waals surface area contributed by atoms with Gasteiger partial charge in [-0.15, -0.1) is 0 Å². The molecule has 2 aromatic carbocycles. The third-order valence-corrected chi connectivity index (χ3v) is 7.04.